The van der Waals surface area contributed by atoms with E-state index in [0.717, 1.165) is 39.8 Å². The maximum atomic E-state index is 13.4. The third-order valence-electron chi connectivity index (χ3n) is 7.06. The van der Waals surface area contributed by atoms with Gasteiger partial charge in [0.05, 0.1) is 34.1 Å². The van der Waals surface area contributed by atoms with Crippen molar-refractivity contribution < 1.29 is 23.7 Å². The van der Waals surface area contributed by atoms with E-state index in [1.54, 1.807) is 40.7 Å². The first-order valence-corrected chi connectivity index (χ1v) is 12.4. The number of benzene rings is 2. The molecule has 9 heteroatoms. The van der Waals surface area contributed by atoms with Crippen LogP contribution in [0.15, 0.2) is 54.7 Å². The van der Waals surface area contributed by atoms with Gasteiger partial charge in [-0.1, -0.05) is 0 Å². The number of nitrogens with zero attached hydrogens (tertiary/aromatic N) is 3. The minimum Gasteiger partial charge on any atom is -0.493 e. The van der Waals surface area contributed by atoms with Gasteiger partial charge in [0, 0.05) is 48.9 Å². The maximum absolute atomic E-state index is 13.4. The van der Waals surface area contributed by atoms with Crippen LogP contribution in [0.1, 0.15) is 16.7 Å². The summed E-state index contributed by atoms with van der Waals surface area (Å²) >= 11 is 0. The molecule has 0 atom stereocenters. The summed E-state index contributed by atoms with van der Waals surface area (Å²) in [6, 6.07) is 13.7. The minimum atomic E-state index is -0.0513. The topological polar surface area (TPSA) is 75.0 Å². The first-order valence-electron chi connectivity index (χ1n) is 12.4. The molecule has 2 aromatic carbocycles. The lowest BCUT2D eigenvalue weighted by molar-refractivity contribution is -0.126. The predicted molar refractivity (Wildman–Crippen MR) is 154 cm³/mol. The highest BCUT2D eigenvalue weighted by Gasteiger charge is 2.23. The quantitative estimate of drug-likeness (QED) is 0.291. The molecule has 0 fully saturated rings. The Bertz CT molecular complexity index is 1550. The Morgan fingerprint density at radius 2 is 1.56 bits per heavy atom. The van der Waals surface area contributed by atoms with Gasteiger partial charge in [-0.25, -0.2) is 4.98 Å². The third-order valence-corrected chi connectivity index (χ3v) is 7.06. The molecule has 0 spiro atoms. The number of fused-ring (bicyclic) bond motifs is 2. The Balaban J connectivity index is 0.00000353. The largest absolute Gasteiger partial charge is 0.493 e. The number of amides is 1. The van der Waals surface area contributed by atoms with Crippen LogP contribution in [0.4, 0.5) is 0 Å². The second kappa shape index (κ2) is 11.7. The van der Waals surface area contributed by atoms with Crippen molar-refractivity contribution in [3.63, 3.8) is 0 Å². The van der Waals surface area contributed by atoms with Gasteiger partial charge in [-0.15, -0.1) is 12.4 Å². The zero-order valence-corrected chi connectivity index (χ0v) is 23.5. The van der Waals surface area contributed by atoms with E-state index in [1.165, 1.54) is 5.56 Å². The molecular weight excluding hydrogens is 518 g/mol. The van der Waals surface area contributed by atoms with E-state index in [4.69, 9.17) is 18.9 Å². The van der Waals surface area contributed by atoms with E-state index >= 15 is 0 Å². The van der Waals surface area contributed by atoms with Gasteiger partial charge in [0.2, 0.25) is 5.91 Å². The number of hydrogen-bond donors (Lipinski definition) is 0. The van der Waals surface area contributed by atoms with Crippen molar-refractivity contribution in [2.24, 2.45) is 7.05 Å². The molecule has 0 saturated heterocycles. The monoisotopic (exact) mass is 549 g/mol. The van der Waals surface area contributed by atoms with Gasteiger partial charge in [-0.3, -0.25) is 4.79 Å². The van der Waals surface area contributed by atoms with Gasteiger partial charge in [0.15, 0.2) is 23.0 Å². The molecular formula is C30H32ClN3O5. The van der Waals surface area contributed by atoms with E-state index in [0.29, 0.717) is 36.1 Å². The van der Waals surface area contributed by atoms with Crippen molar-refractivity contribution in [3.05, 3.63) is 71.4 Å². The number of aromatic nitrogens is 2. The molecule has 0 radical (unpaired) electrons. The summed E-state index contributed by atoms with van der Waals surface area (Å²) in [6.45, 7) is 1.14. The zero-order valence-electron chi connectivity index (χ0n) is 22.7. The van der Waals surface area contributed by atoms with Crippen LogP contribution in [0.5, 0.6) is 23.0 Å². The number of carbonyl (C=O) groups excluding carboxylic acids is 1. The molecule has 3 heterocycles. The number of aryl methyl sites for hydroxylation is 1. The maximum Gasteiger partial charge on any atom is 0.246 e. The molecule has 0 N–H and O–H groups in total. The van der Waals surface area contributed by atoms with Crippen LogP contribution in [0, 0.1) is 0 Å². The van der Waals surface area contributed by atoms with Crippen LogP contribution in [0.2, 0.25) is 0 Å². The fourth-order valence-electron chi connectivity index (χ4n) is 5.12. The lowest BCUT2D eigenvalue weighted by atomic mass is 9.98. The Kier molecular flexibility index (Phi) is 8.35. The van der Waals surface area contributed by atoms with E-state index < -0.39 is 0 Å². The SMILES string of the molecule is COc1ccc(-c2c(/C=C/C(=O)N3CCc4cc(OC)c(OC)cc4C3)c3cccnc3n2C)cc1OC.Cl. The summed E-state index contributed by atoms with van der Waals surface area (Å²) < 4.78 is 23.9. The van der Waals surface area contributed by atoms with Crippen LogP contribution in [-0.4, -0.2) is 55.3 Å². The second-order valence-corrected chi connectivity index (χ2v) is 9.08. The number of carbonyl (C=O) groups is 1. The Hall–Kier alpha value is -4.17. The summed E-state index contributed by atoms with van der Waals surface area (Å²) in [4.78, 5) is 19.8. The summed E-state index contributed by atoms with van der Waals surface area (Å²) in [5, 5.41) is 0.963. The molecule has 0 saturated carbocycles. The van der Waals surface area contributed by atoms with Crippen molar-refractivity contribution in [2.45, 2.75) is 13.0 Å². The van der Waals surface area contributed by atoms with Gasteiger partial charge >= 0.3 is 0 Å². The fraction of sp³-hybridized carbons (Fsp3) is 0.267. The summed E-state index contributed by atoms with van der Waals surface area (Å²) in [5.74, 6) is 2.61. The highest BCUT2D eigenvalue weighted by molar-refractivity contribution is 6.00. The molecule has 1 amide bonds. The molecule has 5 rings (SSSR count). The van der Waals surface area contributed by atoms with Crippen molar-refractivity contribution in [1.82, 2.24) is 14.5 Å². The van der Waals surface area contributed by atoms with Crippen molar-refractivity contribution in [2.75, 3.05) is 35.0 Å². The first kappa shape index (κ1) is 27.9. The number of pyridine rings is 1. The smallest absolute Gasteiger partial charge is 0.246 e. The number of halogens is 1. The highest BCUT2D eigenvalue weighted by Crippen LogP contribution is 2.38. The molecule has 8 nitrogen and oxygen atoms in total. The lowest BCUT2D eigenvalue weighted by Gasteiger charge is -2.28. The predicted octanol–water partition coefficient (Wildman–Crippen LogP) is 5.29. The standard InChI is InChI=1S/C30H31N3O5.ClH/c1-32-29(20-8-10-24(35-2)25(16-20)36-3)22(23-7-6-13-31-30(23)32)9-11-28(34)33-14-12-19-15-26(37-4)27(38-5)17-21(19)18-33;/h6-11,13,15-17H,12,14,18H2,1-5H3;1H/b11-9+;. The van der Waals surface area contributed by atoms with Gasteiger partial charge < -0.3 is 28.4 Å². The van der Waals surface area contributed by atoms with E-state index in [9.17, 15) is 4.79 Å². The normalized spacial score (nSPS) is 12.7. The number of ether oxygens (including phenoxy) is 4. The van der Waals surface area contributed by atoms with Crippen molar-refractivity contribution in [1.29, 1.82) is 0 Å². The second-order valence-electron chi connectivity index (χ2n) is 9.08. The molecule has 1 aliphatic heterocycles. The Morgan fingerprint density at radius 1 is 0.897 bits per heavy atom. The highest BCUT2D eigenvalue weighted by atomic mass is 35.5. The zero-order chi connectivity index (χ0) is 26.8. The fourth-order valence-corrected chi connectivity index (χ4v) is 5.12. The Morgan fingerprint density at radius 3 is 2.26 bits per heavy atom. The van der Waals surface area contributed by atoms with E-state index in [1.807, 2.05) is 65.1 Å². The lowest BCUT2D eigenvalue weighted by Crippen LogP contribution is -2.34. The van der Waals surface area contributed by atoms with E-state index in [2.05, 4.69) is 4.98 Å². The van der Waals surface area contributed by atoms with Gasteiger partial charge in [-0.2, -0.15) is 0 Å². The van der Waals surface area contributed by atoms with Gasteiger partial charge in [-0.05, 0) is 66.1 Å². The van der Waals surface area contributed by atoms with Crippen LogP contribution in [-0.2, 0) is 24.8 Å². The number of methoxy groups -OCH3 is 4. The number of hydrogen-bond acceptors (Lipinski definition) is 6. The van der Waals surface area contributed by atoms with E-state index in [-0.39, 0.29) is 18.3 Å². The molecule has 1 aliphatic rings. The molecule has 204 valence electrons. The summed E-state index contributed by atoms with van der Waals surface area (Å²) in [7, 11) is 8.46. The third kappa shape index (κ3) is 5.12. The molecule has 2 aromatic heterocycles. The molecule has 0 unspecified atom stereocenters. The minimum absolute atomic E-state index is 0. The Labute approximate surface area is 234 Å². The van der Waals surface area contributed by atoms with Gasteiger partial charge in [0.1, 0.15) is 5.65 Å². The van der Waals surface area contributed by atoms with Crippen LogP contribution < -0.4 is 18.9 Å². The first-order chi connectivity index (χ1) is 18.5. The average Bonchev–Trinajstić information content (AvgIpc) is 3.25. The molecule has 4 aromatic rings. The van der Waals surface area contributed by atoms with Crippen molar-refractivity contribution in [3.8, 4) is 34.3 Å². The van der Waals surface area contributed by atoms with Gasteiger partial charge in [0.25, 0.3) is 0 Å². The molecule has 0 aliphatic carbocycles. The summed E-state index contributed by atoms with van der Waals surface area (Å²) in [6.07, 6.45) is 6.07. The van der Waals surface area contributed by atoms with Crippen LogP contribution in [0.3, 0.4) is 0 Å². The average molecular weight is 550 g/mol. The van der Waals surface area contributed by atoms with Crippen LogP contribution in [0.25, 0.3) is 28.4 Å². The molecule has 0 bridgehead atoms. The van der Waals surface area contributed by atoms with Crippen LogP contribution >= 0.6 is 12.4 Å². The van der Waals surface area contributed by atoms with Crippen molar-refractivity contribution >= 4 is 35.4 Å². The number of rotatable bonds is 7. The molecule has 39 heavy (non-hydrogen) atoms. The summed E-state index contributed by atoms with van der Waals surface area (Å²) in [5.41, 5.74) is 5.85.